The van der Waals surface area contributed by atoms with Gasteiger partial charge in [-0.25, -0.2) is 4.79 Å². The summed E-state index contributed by atoms with van der Waals surface area (Å²) in [6.45, 7) is 0.385. The minimum atomic E-state index is -1.20. The summed E-state index contributed by atoms with van der Waals surface area (Å²) in [7, 11) is 0. The van der Waals surface area contributed by atoms with E-state index >= 15 is 0 Å². The number of nitrogens with zero attached hydrogens (tertiary/aromatic N) is 1. The van der Waals surface area contributed by atoms with Gasteiger partial charge in [-0.05, 0) is 34.1 Å². The third-order valence-corrected chi connectivity index (χ3v) is 3.88. The van der Waals surface area contributed by atoms with Gasteiger partial charge in [0.05, 0.1) is 6.54 Å². The maximum absolute atomic E-state index is 11.8. The van der Waals surface area contributed by atoms with Gasteiger partial charge in [0.1, 0.15) is 5.56 Å². The van der Waals surface area contributed by atoms with Crippen LogP contribution in [0.25, 0.3) is 0 Å². The van der Waals surface area contributed by atoms with Crippen molar-refractivity contribution in [1.82, 2.24) is 4.57 Å². The SMILES string of the molecule is O=C(O)c1cccn(Cc2cc(Br)cs2)c1=O. The molecule has 2 aromatic heterocycles. The molecule has 0 aliphatic carbocycles. The maximum atomic E-state index is 11.8. The zero-order chi connectivity index (χ0) is 12.4. The lowest BCUT2D eigenvalue weighted by molar-refractivity contribution is 0.0694. The van der Waals surface area contributed by atoms with Crippen LogP contribution in [-0.4, -0.2) is 15.6 Å². The van der Waals surface area contributed by atoms with Crippen LogP contribution in [0.1, 0.15) is 15.2 Å². The fraction of sp³-hybridized carbons (Fsp3) is 0.0909. The minimum absolute atomic E-state index is 0.205. The summed E-state index contributed by atoms with van der Waals surface area (Å²) >= 11 is 4.84. The predicted molar refractivity (Wildman–Crippen MR) is 68.8 cm³/mol. The molecular weight excluding hydrogens is 306 g/mol. The van der Waals surface area contributed by atoms with E-state index in [1.165, 1.54) is 22.0 Å². The first-order valence-corrected chi connectivity index (χ1v) is 6.41. The van der Waals surface area contributed by atoms with Crippen molar-refractivity contribution in [3.63, 3.8) is 0 Å². The van der Waals surface area contributed by atoms with Gasteiger partial charge in [-0.15, -0.1) is 11.3 Å². The van der Waals surface area contributed by atoms with Crippen molar-refractivity contribution in [2.24, 2.45) is 0 Å². The molecule has 17 heavy (non-hydrogen) atoms. The number of aromatic nitrogens is 1. The van der Waals surface area contributed by atoms with Crippen molar-refractivity contribution in [2.75, 3.05) is 0 Å². The summed E-state index contributed by atoms with van der Waals surface area (Å²) in [4.78, 5) is 23.6. The predicted octanol–water partition coefficient (Wildman–Crippen LogP) is 2.42. The lowest BCUT2D eigenvalue weighted by atomic mass is 10.3. The molecule has 0 amide bonds. The first-order valence-electron chi connectivity index (χ1n) is 4.73. The Morgan fingerprint density at radius 2 is 2.29 bits per heavy atom. The first kappa shape index (κ1) is 12.1. The molecular formula is C11H8BrNO3S. The van der Waals surface area contributed by atoms with Crippen molar-refractivity contribution in [3.05, 3.63) is 55.0 Å². The molecule has 0 unspecified atom stereocenters. The largest absolute Gasteiger partial charge is 0.477 e. The van der Waals surface area contributed by atoms with Crippen molar-refractivity contribution >= 4 is 33.2 Å². The van der Waals surface area contributed by atoms with E-state index in [1.807, 2.05) is 11.4 Å². The second-order valence-electron chi connectivity index (χ2n) is 3.39. The number of halogens is 1. The van der Waals surface area contributed by atoms with Gasteiger partial charge in [0.25, 0.3) is 5.56 Å². The molecule has 0 bridgehead atoms. The van der Waals surface area contributed by atoms with Crippen LogP contribution in [0.5, 0.6) is 0 Å². The van der Waals surface area contributed by atoms with Gasteiger partial charge in [-0.3, -0.25) is 4.79 Å². The molecule has 1 N–H and O–H groups in total. The number of thiophene rings is 1. The number of carboxylic acids is 1. The van der Waals surface area contributed by atoms with Gasteiger partial charge < -0.3 is 9.67 Å². The van der Waals surface area contributed by atoms with E-state index in [4.69, 9.17) is 5.11 Å². The molecule has 0 spiro atoms. The molecule has 2 aromatic rings. The summed E-state index contributed by atoms with van der Waals surface area (Å²) in [5, 5.41) is 10.8. The lowest BCUT2D eigenvalue weighted by Crippen LogP contribution is -2.25. The van der Waals surface area contributed by atoms with Crippen molar-refractivity contribution in [1.29, 1.82) is 0 Å². The second-order valence-corrected chi connectivity index (χ2v) is 5.30. The zero-order valence-electron chi connectivity index (χ0n) is 8.59. The Kier molecular flexibility index (Phi) is 3.44. The zero-order valence-corrected chi connectivity index (χ0v) is 11.0. The Labute approximate surface area is 109 Å². The van der Waals surface area contributed by atoms with Crippen LogP contribution in [0.2, 0.25) is 0 Å². The highest BCUT2D eigenvalue weighted by Crippen LogP contribution is 2.20. The number of rotatable bonds is 3. The highest BCUT2D eigenvalue weighted by Gasteiger charge is 2.10. The normalized spacial score (nSPS) is 10.4. The maximum Gasteiger partial charge on any atom is 0.341 e. The fourth-order valence-corrected chi connectivity index (χ4v) is 2.88. The van der Waals surface area contributed by atoms with Gasteiger partial charge in [0, 0.05) is 20.9 Å². The molecule has 0 aliphatic heterocycles. The van der Waals surface area contributed by atoms with Gasteiger partial charge in [0.15, 0.2) is 0 Å². The van der Waals surface area contributed by atoms with Gasteiger partial charge >= 0.3 is 5.97 Å². The topological polar surface area (TPSA) is 59.3 Å². The molecule has 88 valence electrons. The van der Waals surface area contributed by atoms with Crippen LogP contribution in [-0.2, 0) is 6.54 Å². The Morgan fingerprint density at radius 1 is 1.53 bits per heavy atom. The number of hydrogen-bond acceptors (Lipinski definition) is 3. The van der Waals surface area contributed by atoms with Crippen LogP contribution in [0.3, 0.4) is 0 Å². The quantitative estimate of drug-likeness (QED) is 0.946. The van der Waals surface area contributed by atoms with Gasteiger partial charge in [-0.2, -0.15) is 0 Å². The Morgan fingerprint density at radius 3 is 2.88 bits per heavy atom. The van der Waals surface area contributed by atoms with Crippen molar-refractivity contribution in [3.8, 4) is 0 Å². The smallest absolute Gasteiger partial charge is 0.341 e. The summed E-state index contributed by atoms with van der Waals surface area (Å²) in [5.74, 6) is -1.20. The average Bonchev–Trinajstić information content (AvgIpc) is 2.67. The molecule has 4 nitrogen and oxygen atoms in total. The molecule has 0 aromatic carbocycles. The van der Waals surface area contributed by atoms with Crippen LogP contribution < -0.4 is 5.56 Å². The van der Waals surface area contributed by atoms with E-state index in [2.05, 4.69) is 15.9 Å². The molecule has 2 heterocycles. The minimum Gasteiger partial charge on any atom is -0.477 e. The summed E-state index contributed by atoms with van der Waals surface area (Å²) in [6, 6.07) is 4.78. The standard InChI is InChI=1S/C11H8BrNO3S/c12-7-4-8(17-6-7)5-13-3-1-2-9(10(13)14)11(15)16/h1-4,6H,5H2,(H,15,16). The number of carbonyl (C=O) groups is 1. The van der Waals surface area contributed by atoms with E-state index in [9.17, 15) is 9.59 Å². The van der Waals surface area contributed by atoms with E-state index in [-0.39, 0.29) is 5.56 Å². The molecule has 2 rings (SSSR count). The van der Waals surface area contributed by atoms with E-state index in [0.29, 0.717) is 6.54 Å². The third kappa shape index (κ3) is 2.65. The van der Waals surface area contributed by atoms with Crippen LogP contribution in [0.4, 0.5) is 0 Å². The average molecular weight is 314 g/mol. The molecule has 0 radical (unpaired) electrons. The Hall–Kier alpha value is -1.40. The third-order valence-electron chi connectivity index (χ3n) is 2.20. The molecule has 0 fully saturated rings. The second kappa shape index (κ2) is 4.85. The van der Waals surface area contributed by atoms with E-state index in [0.717, 1.165) is 9.35 Å². The molecule has 6 heteroatoms. The van der Waals surface area contributed by atoms with Crippen molar-refractivity contribution < 1.29 is 9.90 Å². The van der Waals surface area contributed by atoms with Gasteiger partial charge in [-0.1, -0.05) is 0 Å². The Bertz CT molecular complexity index is 617. The monoisotopic (exact) mass is 313 g/mol. The van der Waals surface area contributed by atoms with Gasteiger partial charge in [0.2, 0.25) is 0 Å². The highest BCUT2D eigenvalue weighted by molar-refractivity contribution is 9.10. The van der Waals surface area contributed by atoms with Crippen LogP contribution in [0.15, 0.2) is 39.0 Å². The lowest BCUT2D eigenvalue weighted by Gasteiger charge is -2.04. The fourth-order valence-electron chi connectivity index (χ4n) is 1.43. The summed E-state index contributed by atoms with van der Waals surface area (Å²) < 4.78 is 2.35. The number of pyridine rings is 1. The van der Waals surface area contributed by atoms with E-state index in [1.54, 1.807) is 12.3 Å². The molecule has 0 saturated carbocycles. The van der Waals surface area contributed by atoms with E-state index < -0.39 is 11.5 Å². The molecule has 0 atom stereocenters. The number of hydrogen-bond donors (Lipinski definition) is 1. The summed E-state index contributed by atoms with van der Waals surface area (Å²) in [6.07, 6.45) is 1.59. The van der Waals surface area contributed by atoms with Crippen LogP contribution >= 0.6 is 27.3 Å². The van der Waals surface area contributed by atoms with Crippen molar-refractivity contribution in [2.45, 2.75) is 6.54 Å². The number of carboxylic acid groups (broad SMARTS) is 1. The molecule has 0 aliphatic rings. The Balaban J connectivity index is 2.37. The highest BCUT2D eigenvalue weighted by atomic mass is 79.9. The number of aromatic carboxylic acids is 1. The van der Waals surface area contributed by atoms with Crippen LogP contribution in [0, 0.1) is 0 Å². The summed E-state index contributed by atoms with van der Waals surface area (Å²) in [5.41, 5.74) is -0.687. The first-order chi connectivity index (χ1) is 8.08. The molecule has 0 saturated heterocycles.